The minimum absolute atomic E-state index is 1.07. The molecule has 0 saturated carbocycles. The fourth-order valence-corrected chi connectivity index (χ4v) is 0.378. The van der Waals surface area contributed by atoms with Crippen LogP contribution in [0.25, 0.3) is 0 Å². The lowest BCUT2D eigenvalue weighted by Crippen LogP contribution is -1.90. The fraction of sp³-hybridized carbons (Fsp3) is 0.200. The summed E-state index contributed by atoms with van der Waals surface area (Å²) in [7, 11) is 0. The summed E-state index contributed by atoms with van der Waals surface area (Å²) in [5.74, 6) is 0. The average molecular weight is 81.1 g/mol. The largest absolute Gasteiger partial charge is 0.404 e. The maximum absolute atomic E-state index is 5.12. The molecule has 0 aromatic carbocycles. The molecule has 0 aliphatic heterocycles. The zero-order valence-corrected chi connectivity index (χ0v) is 3.52. The molecule has 1 rings (SSSR count). The number of hydrogen-bond acceptors (Lipinski definition) is 1. The summed E-state index contributed by atoms with van der Waals surface area (Å²) in [5.41, 5.74) is 6.37. The molecule has 0 heterocycles. The Kier molecular flexibility index (Phi) is 0.675. The van der Waals surface area contributed by atoms with E-state index in [0.717, 1.165) is 6.42 Å². The quantitative estimate of drug-likeness (QED) is 0.458. The first-order chi connectivity index (χ1) is 2.93. The minimum atomic E-state index is 1.07. The normalized spacial score (nSPS) is 24.3. The molecule has 0 unspecified atom stereocenters. The van der Waals surface area contributed by atoms with Crippen molar-refractivity contribution in [1.82, 2.24) is 0 Å². The van der Waals surface area contributed by atoms with Crippen LogP contribution in [0.2, 0.25) is 0 Å². The van der Waals surface area contributed by atoms with E-state index in [2.05, 4.69) is 6.08 Å². The third-order valence-electron chi connectivity index (χ3n) is 0.900. The molecule has 0 saturated heterocycles. The van der Waals surface area contributed by atoms with Gasteiger partial charge in [-0.2, -0.15) is 0 Å². The lowest BCUT2D eigenvalue weighted by atomic mass is 10.1. The van der Waals surface area contributed by atoms with Crippen molar-refractivity contribution in [1.29, 1.82) is 0 Å². The van der Waals surface area contributed by atoms with Gasteiger partial charge in [0.2, 0.25) is 0 Å². The van der Waals surface area contributed by atoms with Gasteiger partial charge in [0.1, 0.15) is 0 Å². The second-order valence-corrected chi connectivity index (χ2v) is 1.35. The molecule has 1 nitrogen and oxygen atoms in total. The summed E-state index contributed by atoms with van der Waals surface area (Å²) >= 11 is 0. The summed E-state index contributed by atoms with van der Waals surface area (Å²) in [6.07, 6.45) is 6.80. The summed E-state index contributed by atoms with van der Waals surface area (Å²) in [4.78, 5) is 0. The highest BCUT2D eigenvalue weighted by molar-refractivity contribution is 5.29. The van der Waals surface area contributed by atoms with Crippen molar-refractivity contribution in [3.63, 3.8) is 0 Å². The van der Waals surface area contributed by atoms with E-state index in [4.69, 9.17) is 5.73 Å². The number of allylic oxidation sites excluding steroid dienone is 3. The summed E-state index contributed by atoms with van der Waals surface area (Å²) in [6.45, 7) is 0. The molecule has 6 heavy (non-hydrogen) atoms. The lowest BCUT2D eigenvalue weighted by Gasteiger charge is -2.02. The van der Waals surface area contributed by atoms with Gasteiger partial charge in [-0.25, -0.2) is 0 Å². The molecule has 0 aromatic heterocycles. The molecule has 0 amide bonds. The molecule has 0 bridgehead atoms. The average Bonchev–Trinajstić information content (AvgIpc) is 1.31. The van der Waals surface area contributed by atoms with Crippen LogP contribution in [0.3, 0.4) is 0 Å². The Balaban J connectivity index is 2.60. The molecule has 0 radical (unpaired) electrons. The standard InChI is InChI=1S/C5H7N/c6-4-5-2-1-3-5/h1-2,4H,3,6H2/b5-4+. The molecule has 0 spiro atoms. The van der Waals surface area contributed by atoms with Crippen molar-refractivity contribution in [3.05, 3.63) is 23.9 Å². The van der Waals surface area contributed by atoms with E-state index in [1.807, 2.05) is 6.08 Å². The topological polar surface area (TPSA) is 26.0 Å². The maximum Gasteiger partial charge on any atom is -0.00266 e. The minimum Gasteiger partial charge on any atom is -0.404 e. The first kappa shape index (κ1) is 3.47. The molecule has 1 aliphatic carbocycles. The van der Waals surface area contributed by atoms with Crippen LogP contribution in [0.5, 0.6) is 0 Å². The van der Waals surface area contributed by atoms with Crippen LogP contribution in [0, 0.1) is 0 Å². The first-order valence-corrected chi connectivity index (χ1v) is 2.01. The van der Waals surface area contributed by atoms with Crippen molar-refractivity contribution in [3.8, 4) is 0 Å². The van der Waals surface area contributed by atoms with Crippen LogP contribution >= 0.6 is 0 Å². The van der Waals surface area contributed by atoms with Gasteiger partial charge < -0.3 is 5.73 Å². The molecule has 2 N–H and O–H groups in total. The predicted molar refractivity (Wildman–Crippen MR) is 26.0 cm³/mol. The highest BCUT2D eigenvalue weighted by Gasteiger charge is 1.93. The van der Waals surface area contributed by atoms with E-state index in [-0.39, 0.29) is 0 Å². The van der Waals surface area contributed by atoms with Crippen molar-refractivity contribution in [2.75, 3.05) is 0 Å². The van der Waals surface area contributed by atoms with E-state index in [1.165, 1.54) is 5.57 Å². The summed E-state index contributed by atoms with van der Waals surface area (Å²) in [6, 6.07) is 0. The smallest absolute Gasteiger partial charge is 0.00266 e. The van der Waals surface area contributed by atoms with Crippen molar-refractivity contribution < 1.29 is 0 Å². The van der Waals surface area contributed by atoms with Gasteiger partial charge in [0.25, 0.3) is 0 Å². The van der Waals surface area contributed by atoms with E-state index in [9.17, 15) is 0 Å². The highest BCUT2D eigenvalue weighted by Crippen LogP contribution is 2.11. The zero-order valence-electron chi connectivity index (χ0n) is 3.52. The first-order valence-electron chi connectivity index (χ1n) is 2.01. The van der Waals surface area contributed by atoms with Crippen LogP contribution in [0.15, 0.2) is 23.9 Å². The molecular weight excluding hydrogens is 74.1 g/mol. The van der Waals surface area contributed by atoms with Gasteiger partial charge in [-0.1, -0.05) is 12.2 Å². The van der Waals surface area contributed by atoms with Gasteiger partial charge in [-0.15, -0.1) is 0 Å². The molecule has 0 aromatic rings. The number of rotatable bonds is 0. The Morgan fingerprint density at radius 2 is 2.50 bits per heavy atom. The van der Waals surface area contributed by atoms with Gasteiger partial charge in [0.15, 0.2) is 0 Å². The second-order valence-electron chi connectivity index (χ2n) is 1.35. The molecule has 0 atom stereocenters. The Labute approximate surface area is 37.2 Å². The van der Waals surface area contributed by atoms with Gasteiger partial charge in [-0.3, -0.25) is 0 Å². The predicted octanol–water partition coefficient (Wildman–Crippen LogP) is 0.789. The van der Waals surface area contributed by atoms with Gasteiger partial charge in [-0.05, 0) is 18.2 Å². The monoisotopic (exact) mass is 81.1 g/mol. The third-order valence-corrected chi connectivity index (χ3v) is 0.900. The molecule has 1 aliphatic rings. The number of hydrogen-bond donors (Lipinski definition) is 1. The molecule has 1 heteroatoms. The van der Waals surface area contributed by atoms with Crippen molar-refractivity contribution in [2.45, 2.75) is 6.42 Å². The lowest BCUT2D eigenvalue weighted by molar-refractivity contribution is 1.17. The van der Waals surface area contributed by atoms with E-state index in [1.54, 1.807) is 6.20 Å². The summed E-state index contributed by atoms with van der Waals surface area (Å²) in [5, 5.41) is 0. The maximum atomic E-state index is 5.12. The second kappa shape index (κ2) is 1.17. The molecule has 32 valence electrons. The van der Waals surface area contributed by atoms with Crippen LogP contribution in [0.1, 0.15) is 6.42 Å². The van der Waals surface area contributed by atoms with Crippen LogP contribution in [-0.4, -0.2) is 0 Å². The van der Waals surface area contributed by atoms with E-state index >= 15 is 0 Å². The van der Waals surface area contributed by atoms with Gasteiger partial charge in [0, 0.05) is 0 Å². The molecular formula is C5H7N. The van der Waals surface area contributed by atoms with Crippen molar-refractivity contribution in [2.24, 2.45) is 5.73 Å². The Bertz CT molecular complexity index is 101. The SMILES string of the molecule is N/C=C1\C=CC1. The van der Waals surface area contributed by atoms with Gasteiger partial charge in [0.05, 0.1) is 0 Å². The van der Waals surface area contributed by atoms with Crippen molar-refractivity contribution >= 4 is 0 Å². The van der Waals surface area contributed by atoms with Crippen LogP contribution < -0.4 is 5.73 Å². The third kappa shape index (κ3) is 0.322. The van der Waals surface area contributed by atoms with Crippen LogP contribution in [0.4, 0.5) is 0 Å². The van der Waals surface area contributed by atoms with E-state index in [0.29, 0.717) is 0 Å². The Hall–Kier alpha value is -0.720. The molecule has 0 fully saturated rings. The zero-order chi connectivity index (χ0) is 4.41. The number of nitrogens with two attached hydrogens (primary N) is 1. The highest BCUT2D eigenvalue weighted by atomic mass is 14.5. The summed E-state index contributed by atoms with van der Waals surface area (Å²) < 4.78 is 0. The van der Waals surface area contributed by atoms with Gasteiger partial charge >= 0.3 is 0 Å². The Morgan fingerprint density at radius 3 is 2.50 bits per heavy atom. The van der Waals surface area contributed by atoms with Crippen LogP contribution in [-0.2, 0) is 0 Å². The van der Waals surface area contributed by atoms with E-state index < -0.39 is 0 Å². The fourth-order valence-electron chi connectivity index (χ4n) is 0.378. The Morgan fingerprint density at radius 1 is 1.83 bits per heavy atom.